The minimum Gasteiger partial charge on any atom is -0.494 e. The molecule has 0 radical (unpaired) electrons. The average Bonchev–Trinajstić information content (AvgIpc) is 2.81. The van der Waals surface area contributed by atoms with Crippen LogP contribution in [0, 0.1) is 0 Å². The van der Waals surface area contributed by atoms with Gasteiger partial charge in [-0.2, -0.15) is 0 Å². The first-order chi connectivity index (χ1) is 11.1. The lowest BCUT2D eigenvalue weighted by atomic mass is 10.1. The van der Waals surface area contributed by atoms with Crippen LogP contribution in [0.1, 0.15) is 25.8 Å². The van der Waals surface area contributed by atoms with Crippen LogP contribution in [0.4, 0.5) is 0 Å². The third-order valence-electron chi connectivity index (χ3n) is 3.40. The first kappa shape index (κ1) is 17.6. The maximum atomic E-state index is 12.5. The van der Waals surface area contributed by atoms with E-state index in [1.54, 1.807) is 31.2 Å². The largest absolute Gasteiger partial charge is 0.494 e. The summed E-state index contributed by atoms with van der Waals surface area (Å²) in [4.78, 5) is 26.5. The van der Waals surface area contributed by atoms with E-state index in [0.29, 0.717) is 34.9 Å². The molecule has 1 N–H and O–H groups in total. The van der Waals surface area contributed by atoms with E-state index in [9.17, 15) is 9.59 Å². The average molecular weight is 335 g/mol. The van der Waals surface area contributed by atoms with E-state index >= 15 is 0 Å². The molecule has 23 heavy (non-hydrogen) atoms. The van der Waals surface area contributed by atoms with Gasteiger partial charge in [0.25, 0.3) is 11.8 Å². The van der Waals surface area contributed by atoms with E-state index in [4.69, 9.17) is 9.84 Å². The van der Waals surface area contributed by atoms with Crippen molar-refractivity contribution in [3.63, 3.8) is 0 Å². The van der Waals surface area contributed by atoms with Crippen LogP contribution in [0.5, 0.6) is 5.75 Å². The molecule has 0 fully saturated rings. The molecule has 6 heteroatoms. The molecule has 0 bridgehead atoms. The molecule has 0 aromatic heterocycles. The Bertz CT molecular complexity index is 610. The number of benzene rings is 1. The summed E-state index contributed by atoms with van der Waals surface area (Å²) in [6.07, 6.45) is 0.924. The summed E-state index contributed by atoms with van der Waals surface area (Å²) >= 11 is 1.22. The Morgan fingerprint density at radius 1 is 1.13 bits per heavy atom. The first-order valence-corrected chi connectivity index (χ1v) is 8.69. The van der Waals surface area contributed by atoms with Crippen molar-refractivity contribution in [3.05, 3.63) is 34.7 Å². The van der Waals surface area contributed by atoms with Crippen LogP contribution in [-0.2, 0) is 9.59 Å². The highest BCUT2D eigenvalue weighted by atomic mass is 32.2. The second-order valence-corrected chi connectivity index (χ2v) is 6.11. The van der Waals surface area contributed by atoms with Crippen LogP contribution < -0.4 is 4.74 Å². The molecule has 1 aliphatic rings. The molecule has 0 aliphatic carbocycles. The Hall–Kier alpha value is -1.79. The Labute approximate surface area is 140 Å². The van der Waals surface area contributed by atoms with Crippen molar-refractivity contribution in [2.75, 3.05) is 25.5 Å². The fourth-order valence-electron chi connectivity index (χ4n) is 2.31. The number of carbonyl (C=O) groups excluding carboxylic acids is 2. The third kappa shape index (κ3) is 3.76. The normalized spacial score (nSPS) is 14.8. The quantitative estimate of drug-likeness (QED) is 0.739. The van der Waals surface area contributed by atoms with Gasteiger partial charge in [-0.15, -0.1) is 11.8 Å². The number of ether oxygens (including phenoxy) is 1. The second-order valence-electron chi connectivity index (χ2n) is 5.00. The van der Waals surface area contributed by atoms with Gasteiger partial charge in [0.2, 0.25) is 0 Å². The van der Waals surface area contributed by atoms with E-state index < -0.39 is 0 Å². The molecule has 1 aromatic rings. The fourth-order valence-corrected chi connectivity index (χ4v) is 3.19. The maximum Gasteiger partial charge on any atom is 0.267 e. The van der Waals surface area contributed by atoms with Gasteiger partial charge in [0.15, 0.2) is 0 Å². The number of hydrogen-bond acceptors (Lipinski definition) is 5. The lowest BCUT2D eigenvalue weighted by molar-refractivity contribution is -0.136. The van der Waals surface area contributed by atoms with E-state index in [1.807, 2.05) is 6.92 Å². The van der Waals surface area contributed by atoms with Crippen molar-refractivity contribution in [2.45, 2.75) is 20.3 Å². The number of aliphatic hydroxyl groups excluding tert-OH is 1. The summed E-state index contributed by atoms with van der Waals surface area (Å²) in [6.45, 7) is 4.74. The van der Waals surface area contributed by atoms with Gasteiger partial charge in [0.1, 0.15) is 5.75 Å². The van der Waals surface area contributed by atoms with Crippen LogP contribution in [-0.4, -0.2) is 47.3 Å². The van der Waals surface area contributed by atoms with Crippen molar-refractivity contribution in [2.24, 2.45) is 0 Å². The molecule has 0 unspecified atom stereocenters. The maximum absolute atomic E-state index is 12.5. The van der Waals surface area contributed by atoms with Crippen LogP contribution >= 0.6 is 11.8 Å². The smallest absolute Gasteiger partial charge is 0.267 e. The molecule has 2 amide bonds. The molecule has 1 aliphatic heterocycles. The molecule has 0 saturated heterocycles. The minimum absolute atomic E-state index is 0.0428. The van der Waals surface area contributed by atoms with Crippen LogP contribution in [0.25, 0.3) is 5.57 Å². The van der Waals surface area contributed by atoms with E-state index in [2.05, 4.69) is 0 Å². The number of aliphatic hydroxyl groups is 1. The predicted octanol–water partition coefficient (Wildman–Crippen LogP) is 2.30. The van der Waals surface area contributed by atoms with Gasteiger partial charge in [-0.1, -0.05) is 19.1 Å². The van der Waals surface area contributed by atoms with Gasteiger partial charge in [-0.05, 0) is 31.0 Å². The van der Waals surface area contributed by atoms with E-state index in [1.165, 1.54) is 16.7 Å². The molecule has 1 aromatic carbocycles. The Kier molecular flexibility index (Phi) is 6.24. The number of amides is 2. The highest BCUT2D eigenvalue weighted by Gasteiger charge is 2.37. The van der Waals surface area contributed by atoms with Gasteiger partial charge in [0.05, 0.1) is 23.7 Å². The molecule has 0 spiro atoms. The van der Waals surface area contributed by atoms with Crippen molar-refractivity contribution in [1.29, 1.82) is 0 Å². The van der Waals surface area contributed by atoms with Crippen LogP contribution in [0.15, 0.2) is 29.2 Å². The monoisotopic (exact) mass is 335 g/mol. The molecule has 124 valence electrons. The number of carbonyl (C=O) groups is 2. The summed E-state index contributed by atoms with van der Waals surface area (Å²) in [5, 5.41) is 9.01. The van der Waals surface area contributed by atoms with Crippen LogP contribution in [0.3, 0.4) is 0 Å². The number of rotatable bonds is 8. The molecular formula is C17H21NO4S. The Balaban J connectivity index is 2.33. The number of likely N-dealkylation sites (N-methyl/N-ethyl adjacent to an activating group) is 1. The third-order valence-corrected chi connectivity index (χ3v) is 4.45. The topological polar surface area (TPSA) is 66.8 Å². The summed E-state index contributed by atoms with van der Waals surface area (Å²) < 4.78 is 5.54. The second kappa shape index (κ2) is 8.17. The Morgan fingerprint density at radius 2 is 1.83 bits per heavy atom. The summed E-state index contributed by atoms with van der Waals surface area (Å²) in [7, 11) is 0. The van der Waals surface area contributed by atoms with Gasteiger partial charge >= 0.3 is 0 Å². The lowest BCUT2D eigenvalue weighted by Gasteiger charge is -2.11. The van der Waals surface area contributed by atoms with E-state index in [-0.39, 0.29) is 18.4 Å². The van der Waals surface area contributed by atoms with Gasteiger partial charge in [-0.25, -0.2) is 0 Å². The van der Waals surface area contributed by atoms with Crippen molar-refractivity contribution in [3.8, 4) is 5.75 Å². The van der Waals surface area contributed by atoms with Crippen molar-refractivity contribution < 1.29 is 19.4 Å². The highest BCUT2D eigenvalue weighted by molar-refractivity contribution is 8.04. The number of hydrogen-bond donors (Lipinski definition) is 1. The molecule has 2 rings (SSSR count). The Morgan fingerprint density at radius 3 is 2.39 bits per heavy atom. The van der Waals surface area contributed by atoms with E-state index in [0.717, 1.165) is 12.2 Å². The molecular weight excluding hydrogens is 314 g/mol. The number of imide groups is 1. The summed E-state index contributed by atoms with van der Waals surface area (Å²) in [5.74, 6) is 0.565. The zero-order valence-electron chi connectivity index (χ0n) is 13.4. The van der Waals surface area contributed by atoms with Crippen molar-refractivity contribution in [1.82, 2.24) is 4.90 Å². The van der Waals surface area contributed by atoms with Gasteiger partial charge in [-0.3, -0.25) is 14.5 Å². The number of nitrogens with zero attached hydrogens (tertiary/aromatic N) is 1. The molecule has 1 heterocycles. The van der Waals surface area contributed by atoms with Gasteiger partial charge < -0.3 is 9.84 Å². The zero-order chi connectivity index (χ0) is 16.8. The zero-order valence-corrected chi connectivity index (χ0v) is 14.2. The fraction of sp³-hybridized carbons (Fsp3) is 0.412. The molecule has 5 nitrogen and oxygen atoms in total. The number of thioether (sulfide) groups is 1. The first-order valence-electron chi connectivity index (χ1n) is 7.71. The molecule has 0 saturated carbocycles. The SMILES string of the molecule is CCCOc1ccc(C2=C(SCCO)C(=O)N(CC)C2=O)cc1. The van der Waals surface area contributed by atoms with Crippen LogP contribution in [0.2, 0.25) is 0 Å². The van der Waals surface area contributed by atoms with Gasteiger partial charge in [0, 0.05) is 12.3 Å². The van der Waals surface area contributed by atoms with Crippen molar-refractivity contribution >= 4 is 29.1 Å². The highest BCUT2D eigenvalue weighted by Crippen LogP contribution is 2.36. The summed E-state index contributed by atoms with van der Waals surface area (Å²) in [6, 6.07) is 7.20. The molecule has 0 atom stereocenters. The lowest BCUT2D eigenvalue weighted by Crippen LogP contribution is -2.31. The summed E-state index contributed by atoms with van der Waals surface area (Å²) in [5.41, 5.74) is 1.11. The minimum atomic E-state index is -0.280. The standard InChI is InChI=1S/C17H21NO4S/c1-3-10-22-13-7-5-12(6-8-13)14-15(23-11-9-19)17(21)18(4-2)16(14)20/h5-8,19H,3-4,9-11H2,1-2H3. The predicted molar refractivity (Wildman–Crippen MR) is 91.1 cm³/mol.